The van der Waals surface area contributed by atoms with Crippen molar-refractivity contribution >= 4 is 22.7 Å². The van der Waals surface area contributed by atoms with Crippen LogP contribution in [0.15, 0.2) is 84.0 Å². The molecular formula is C37H42F2N2O5S. The van der Waals surface area contributed by atoms with Crippen molar-refractivity contribution in [3.63, 3.8) is 0 Å². The van der Waals surface area contributed by atoms with Crippen LogP contribution in [0.4, 0.5) is 8.78 Å². The Hall–Kier alpha value is -4.15. The topological polar surface area (TPSA) is 79.7 Å². The first-order chi connectivity index (χ1) is 22.8. The molecule has 0 bridgehead atoms. The molecule has 0 N–H and O–H groups in total. The number of halogens is 2. The average Bonchev–Trinajstić information content (AvgIpc) is 3.40. The molecule has 3 aromatic carbocycles. The molecule has 47 heavy (non-hydrogen) atoms. The Morgan fingerprint density at radius 3 is 2.40 bits per heavy atom. The minimum absolute atomic E-state index is 0.0295. The molecule has 4 rings (SSSR count). The van der Waals surface area contributed by atoms with Crippen molar-refractivity contribution < 1.29 is 32.0 Å². The van der Waals surface area contributed by atoms with Gasteiger partial charge in [0, 0.05) is 30.0 Å². The van der Waals surface area contributed by atoms with Gasteiger partial charge in [0.1, 0.15) is 18.1 Å². The number of allylic oxidation sites excluding steroid dienone is 1. The molecule has 0 amide bonds. The molecule has 0 fully saturated rings. The van der Waals surface area contributed by atoms with E-state index in [0.29, 0.717) is 35.2 Å². The number of alkyl halides is 2. The molecule has 0 aliphatic rings. The van der Waals surface area contributed by atoms with Crippen LogP contribution in [0.3, 0.4) is 0 Å². The standard InChI is InChI=1S/C37H42F2N2O5S/c1-4-6-20-44-21-22-45-33-14-10-29(11-15-33)30-12-18-36(46-37(38)39)31(24-30)9-13-32(42)23-28-7-16-34(17-8-28)47(43)25-35-27(3)40-26-41(35)19-5-2/h7-18,24,26,37H,4-6,19-23,25H2,1-3H3/b13-9+/t47-/m1/s1. The molecule has 0 aliphatic carbocycles. The quantitative estimate of drug-likeness (QED) is 0.0743. The number of unbranched alkanes of at least 4 members (excludes halogenated alkanes) is 1. The number of ketones is 1. The van der Waals surface area contributed by atoms with Crippen molar-refractivity contribution in [2.45, 2.75) is 70.3 Å². The second-order valence-electron chi connectivity index (χ2n) is 11.1. The van der Waals surface area contributed by atoms with Crippen molar-refractivity contribution in [2.75, 3.05) is 19.8 Å². The van der Waals surface area contributed by atoms with E-state index >= 15 is 0 Å². The summed E-state index contributed by atoms with van der Waals surface area (Å²) in [5, 5.41) is 0. The summed E-state index contributed by atoms with van der Waals surface area (Å²) in [5.41, 5.74) is 4.55. The van der Waals surface area contributed by atoms with Gasteiger partial charge in [0.2, 0.25) is 0 Å². The van der Waals surface area contributed by atoms with Gasteiger partial charge in [-0.15, -0.1) is 0 Å². The van der Waals surface area contributed by atoms with Crippen LogP contribution in [0.2, 0.25) is 0 Å². The smallest absolute Gasteiger partial charge is 0.387 e. The Kier molecular flexibility index (Phi) is 13.9. The van der Waals surface area contributed by atoms with Gasteiger partial charge < -0.3 is 18.8 Å². The first-order valence-electron chi connectivity index (χ1n) is 15.9. The van der Waals surface area contributed by atoms with Crippen molar-refractivity contribution in [1.82, 2.24) is 9.55 Å². The maximum absolute atomic E-state index is 13.2. The van der Waals surface area contributed by atoms with Crippen LogP contribution in [0.5, 0.6) is 11.5 Å². The lowest BCUT2D eigenvalue weighted by molar-refractivity contribution is -0.113. The van der Waals surface area contributed by atoms with E-state index in [0.717, 1.165) is 60.5 Å². The zero-order chi connectivity index (χ0) is 33.6. The van der Waals surface area contributed by atoms with Crippen LogP contribution in [0, 0.1) is 6.92 Å². The molecule has 7 nitrogen and oxygen atoms in total. The van der Waals surface area contributed by atoms with Gasteiger partial charge >= 0.3 is 6.61 Å². The number of nitrogens with zero attached hydrogens (tertiary/aromatic N) is 2. The lowest BCUT2D eigenvalue weighted by Crippen LogP contribution is -2.07. The number of benzene rings is 3. The number of carbonyl (C=O) groups excluding carboxylic acids is 1. The van der Waals surface area contributed by atoms with Gasteiger partial charge in [-0.2, -0.15) is 8.78 Å². The summed E-state index contributed by atoms with van der Waals surface area (Å²) in [6.07, 6.45) is 7.80. The van der Waals surface area contributed by atoms with Crippen molar-refractivity contribution in [1.29, 1.82) is 0 Å². The Bertz CT molecular complexity index is 1640. The fourth-order valence-corrected chi connectivity index (χ4v) is 6.14. The molecule has 0 saturated carbocycles. The van der Waals surface area contributed by atoms with Crippen molar-refractivity contribution in [3.8, 4) is 22.6 Å². The maximum atomic E-state index is 13.2. The summed E-state index contributed by atoms with van der Waals surface area (Å²) in [6.45, 7) is 5.61. The molecule has 1 heterocycles. The summed E-state index contributed by atoms with van der Waals surface area (Å²) in [6, 6.07) is 19.4. The number of rotatable bonds is 19. The maximum Gasteiger partial charge on any atom is 0.387 e. The highest BCUT2D eigenvalue weighted by molar-refractivity contribution is 7.84. The van der Waals surface area contributed by atoms with Crippen molar-refractivity contribution in [3.05, 3.63) is 102 Å². The Morgan fingerprint density at radius 2 is 1.70 bits per heavy atom. The predicted octanol–water partition coefficient (Wildman–Crippen LogP) is 8.20. The van der Waals surface area contributed by atoms with Crippen LogP contribution in [0.25, 0.3) is 17.2 Å². The van der Waals surface area contributed by atoms with E-state index < -0.39 is 17.4 Å². The molecule has 0 spiro atoms. The minimum Gasteiger partial charge on any atom is -0.491 e. The second-order valence-corrected chi connectivity index (χ2v) is 12.5. The first-order valence-corrected chi connectivity index (χ1v) is 17.2. The number of ether oxygens (including phenoxy) is 3. The van der Waals surface area contributed by atoms with Crippen LogP contribution in [-0.4, -0.2) is 46.0 Å². The van der Waals surface area contributed by atoms with E-state index in [2.05, 4.69) is 18.8 Å². The Labute approximate surface area is 278 Å². The first kappa shape index (κ1) is 35.7. The van der Waals surface area contributed by atoms with Gasteiger partial charge in [-0.1, -0.05) is 50.6 Å². The monoisotopic (exact) mass is 664 g/mol. The molecule has 10 heteroatoms. The third-order valence-corrected chi connectivity index (χ3v) is 8.79. The van der Waals surface area contributed by atoms with Gasteiger partial charge in [0.05, 0.1) is 40.9 Å². The van der Waals surface area contributed by atoms with Gasteiger partial charge in [0.25, 0.3) is 0 Å². The van der Waals surface area contributed by atoms with E-state index in [-0.39, 0.29) is 18.0 Å². The number of hydrogen-bond acceptors (Lipinski definition) is 6. The van der Waals surface area contributed by atoms with E-state index in [4.69, 9.17) is 14.2 Å². The summed E-state index contributed by atoms with van der Waals surface area (Å²) in [5.74, 6) is 0.816. The molecule has 250 valence electrons. The normalized spacial score (nSPS) is 12.1. The lowest BCUT2D eigenvalue weighted by atomic mass is 10.0. The largest absolute Gasteiger partial charge is 0.491 e. The van der Waals surface area contributed by atoms with Gasteiger partial charge in [-0.05, 0) is 85.0 Å². The van der Waals surface area contributed by atoms with Crippen LogP contribution >= 0.6 is 0 Å². The van der Waals surface area contributed by atoms with Crippen LogP contribution in [0.1, 0.15) is 55.6 Å². The van der Waals surface area contributed by atoms with Gasteiger partial charge in [-0.25, -0.2) is 4.98 Å². The van der Waals surface area contributed by atoms with Gasteiger partial charge in [0.15, 0.2) is 5.78 Å². The van der Waals surface area contributed by atoms with E-state index in [1.54, 1.807) is 42.7 Å². The molecule has 0 aliphatic heterocycles. The van der Waals surface area contributed by atoms with E-state index in [1.807, 2.05) is 35.8 Å². The van der Waals surface area contributed by atoms with Crippen LogP contribution in [-0.2, 0) is 39.0 Å². The number of aryl methyl sites for hydroxylation is 2. The van der Waals surface area contributed by atoms with E-state index in [9.17, 15) is 17.8 Å². The molecular weight excluding hydrogens is 622 g/mol. The number of carbonyl (C=O) groups is 1. The molecule has 1 atom stereocenters. The fourth-order valence-electron chi connectivity index (χ4n) is 4.91. The molecule has 0 unspecified atom stereocenters. The highest BCUT2D eigenvalue weighted by Crippen LogP contribution is 2.30. The van der Waals surface area contributed by atoms with Crippen LogP contribution < -0.4 is 9.47 Å². The third kappa shape index (κ3) is 11.0. The Balaban J connectivity index is 1.39. The van der Waals surface area contributed by atoms with Gasteiger partial charge in [-0.3, -0.25) is 9.00 Å². The highest BCUT2D eigenvalue weighted by atomic mass is 32.2. The zero-order valence-corrected chi connectivity index (χ0v) is 27.9. The zero-order valence-electron chi connectivity index (χ0n) is 27.1. The summed E-state index contributed by atoms with van der Waals surface area (Å²) < 4.78 is 57.4. The number of aromatic nitrogens is 2. The third-order valence-electron chi connectivity index (χ3n) is 7.45. The molecule has 0 radical (unpaired) electrons. The summed E-state index contributed by atoms with van der Waals surface area (Å²) in [7, 11) is -1.26. The summed E-state index contributed by atoms with van der Waals surface area (Å²) in [4.78, 5) is 17.9. The fraction of sp³-hybridized carbons (Fsp3) is 0.351. The summed E-state index contributed by atoms with van der Waals surface area (Å²) >= 11 is 0. The predicted molar refractivity (Wildman–Crippen MR) is 181 cm³/mol. The second kappa shape index (κ2) is 18.3. The Morgan fingerprint density at radius 1 is 0.957 bits per heavy atom. The number of imidazole rings is 1. The van der Waals surface area contributed by atoms with E-state index in [1.165, 1.54) is 18.2 Å². The number of hydrogen-bond donors (Lipinski definition) is 0. The minimum atomic E-state index is -3.01. The van der Waals surface area contributed by atoms with Crippen molar-refractivity contribution in [2.24, 2.45) is 0 Å². The lowest BCUT2D eigenvalue weighted by Gasteiger charge is -2.11. The highest BCUT2D eigenvalue weighted by Gasteiger charge is 2.14. The molecule has 4 aromatic rings. The average molecular weight is 665 g/mol. The molecule has 1 aromatic heterocycles. The SMILES string of the molecule is CCCCOCCOc1ccc(-c2ccc(OC(F)F)c(/C=C/C(=O)Cc3ccc([S@](=O)Cc4c(C)ncn4CCC)cc3)c2)cc1. The molecule has 0 saturated heterocycles.